The Balaban J connectivity index is 1.98. The van der Waals surface area contributed by atoms with E-state index in [1.54, 1.807) is 4.90 Å². The molecule has 1 saturated heterocycles. The van der Waals surface area contributed by atoms with Crippen molar-refractivity contribution in [2.24, 2.45) is 5.92 Å². The van der Waals surface area contributed by atoms with Crippen LogP contribution in [0.2, 0.25) is 0 Å². The van der Waals surface area contributed by atoms with Crippen LogP contribution in [0.25, 0.3) is 0 Å². The Kier molecular flexibility index (Phi) is 4.16. The zero-order chi connectivity index (χ0) is 13.8. The van der Waals surface area contributed by atoms with Crippen LogP contribution in [0.5, 0.6) is 0 Å². The third-order valence-electron chi connectivity index (χ3n) is 3.38. The molecule has 0 bridgehead atoms. The van der Waals surface area contributed by atoms with Gasteiger partial charge in [-0.3, -0.25) is 19.1 Å². The lowest BCUT2D eigenvalue weighted by Gasteiger charge is -2.16. The van der Waals surface area contributed by atoms with Gasteiger partial charge in [0, 0.05) is 32.0 Å². The van der Waals surface area contributed by atoms with E-state index in [0.717, 1.165) is 6.42 Å². The first-order valence-electron chi connectivity index (χ1n) is 6.28. The number of aliphatic hydroxyl groups is 1. The first kappa shape index (κ1) is 13.5. The van der Waals surface area contributed by atoms with Crippen molar-refractivity contribution < 1.29 is 9.90 Å². The lowest BCUT2D eigenvalue weighted by atomic mass is 10.1. The molecule has 1 fully saturated rings. The minimum atomic E-state index is -0.577. The summed E-state index contributed by atoms with van der Waals surface area (Å²) in [5.74, 6) is 0.191. The van der Waals surface area contributed by atoms with Gasteiger partial charge in [0.25, 0.3) is 5.56 Å². The fourth-order valence-corrected chi connectivity index (χ4v) is 2.29. The molecule has 1 atom stereocenters. The highest BCUT2D eigenvalue weighted by Gasteiger charge is 2.25. The number of carbonyl (C=O) groups is 1. The van der Waals surface area contributed by atoms with Gasteiger partial charge in [-0.15, -0.1) is 0 Å². The molecule has 1 aromatic rings. The van der Waals surface area contributed by atoms with Crippen LogP contribution in [0.15, 0.2) is 21.9 Å². The first-order chi connectivity index (χ1) is 9.10. The minimum absolute atomic E-state index is 0.0680. The number of likely N-dealkylation sites (tertiary alicyclic amines) is 1. The normalized spacial score (nSPS) is 18.8. The molecule has 7 nitrogen and oxygen atoms in total. The molecule has 2 rings (SSSR count). The van der Waals surface area contributed by atoms with Crippen LogP contribution >= 0.6 is 0 Å². The van der Waals surface area contributed by atoms with Crippen molar-refractivity contribution in [2.75, 3.05) is 19.7 Å². The number of rotatable bonds is 4. The predicted molar refractivity (Wildman–Crippen MR) is 67.7 cm³/mol. The maximum absolute atomic E-state index is 12.0. The Labute approximate surface area is 109 Å². The van der Waals surface area contributed by atoms with Crippen molar-refractivity contribution in [3.05, 3.63) is 33.1 Å². The van der Waals surface area contributed by atoms with E-state index in [2.05, 4.69) is 4.98 Å². The van der Waals surface area contributed by atoms with Crippen molar-refractivity contribution in [1.29, 1.82) is 0 Å². The van der Waals surface area contributed by atoms with Gasteiger partial charge < -0.3 is 10.0 Å². The molecule has 0 spiro atoms. The molecule has 1 aromatic heterocycles. The quantitative estimate of drug-likeness (QED) is 0.714. The summed E-state index contributed by atoms with van der Waals surface area (Å²) in [6.07, 6.45) is 2.90. The molecule has 1 aliphatic rings. The van der Waals surface area contributed by atoms with Crippen molar-refractivity contribution in [3.63, 3.8) is 0 Å². The number of amides is 1. The van der Waals surface area contributed by atoms with Gasteiger partial charge >= 0.3 is 5.69 Å². The molecule has 0 radical (unpaired) electrons. The van der Waals surface area contributed by atoms with Gasteiger partial charge in [-0.1, -0.05) is 0 Å². The highest BCUT2D eigenvalue weighted by atomic mass is 16.3. The SMILES string of the molecule is O=C(Cn1ccc(=O)[nH]c1=O)N1CCC(CCO)C1. The van der Waals surface area contributed by atoms with E-state index in [4.69, 9.17) is 5.11 Å². The number of aromatic amines is 1. The molecule has 1 unspecified atom stereocenters. The molecule has 7 heteroatoms. The number of nitrogens with one attached hydrogen (secondary N) is 1. The Morgan fingerprint density at radius 3 is 2.95 bits per heavy atom. The maximum atomic E-state index is 12.0. The molecule has 0 aromatic carbocycles. The standard InChI is InChI=1S/C12H17N3O4/c16-6-3-9-1-4-14(7-9)11(18)8-15-5-2-10(17)13-12(15)19/h2,5,9,16H,1,3-4,6-8H2,(H,13,17,19). The predicted octanol–water partition coefficient (Wildman–Crippen LogP) is -1.23. The van der Waals surface area contributed by atoms with E-state index in [0.29, 0.717) is 25.4 Å². The number of H-pyrrole nitrogens is 1. The van der Waals surface area contributed by atoms with Crippen LogP contribution in [-0.4, -0.2) is 45.2 Å². The molecule has 0 saturated carbocycles. The van der Waals surface area contributed by atoms with Gasteiger partial charge in [0.1, 0.15) is 6.54 Å². The molecular formula is C12H17N3O4. The topological polar surface area (TPSA) is 95.4 Å². The summed E-state index contributed by atoms with van der Waals surface area (Å²) in [4.78, 5) is 38.2. The molecule has 19 heavy (non-hydrogen) atoms. The average Bonchev–Trinajstić information content (AvgIpc) is 2.82. The van der Waals surface area contributed by atoms with Crippen LogP contribution in [-0.2, 0) is 11.3 Å². The van der Waals surface area contributed by atoms with E-state index in [-0.39, 0.29) is 19.1 Å². The van der Waals surface area contributed by atoms with E-state index in [1.807, 2.05) is 0 Å². The number of nitrogens with zero attached hydrogens (tertiary/aromatic N) is 2. The second-order valence-electron chi connectivity index (χ2n) is 4.74. The van der Waals surface area contributed by atoms with E-state index in [9.17, 15) is 14.4 Å². The zero-order valence-corrected chi connectivity index (χ0v) is 10.5. The summed E-state index contributed by atoms with van der Waals surface area (Å²) in [6, 6.07) is 1.22. The zero-order valence-electron chi connectivity index (χ0n) is 10.5. The van der Waals surface area contributed by atoms with Crippen LogP contribution in [0.1, 0.15) is 12.8 Å². The highest BCUT2D eigenvalue weighted by molar-refractivity contribution is 5.76. The highest BCUT2D eigenvalue weighted by Crippen LogP contribution is 2.19. The number of hydrogen-bond acceptors (Lipinski definition) is 4. The Morgan fingerprint density at radius 1 is 1.47 bits per heavy atom. The molecular weight excluding hydrogens is 250 g/mol. The Hall–Kier alpha value is -1.89. The van der Waals surface area contributed by atoms with Gasteiger partial charge in [-0.25, -0.2) is 4.79 Å². The fraction of sp³-hybridized carbons (Fsp3) is 0.583. The number of hydrogen-bond donors (Lipinski definition) is 2. The average molecular weight is 267 g/mol. The van der Waals surface area contributed by atoms with Gasteiger partial charge in [0.2, 0.25) is 5.91 Å². The Bertz CT molecular complexity index is 563. The summed E-state index contributed by atoms with van der Waals surface area (Å²) < 4.78 is 1.18. The summed E-state index contributed by atoms with van der Waals surface area (Å²) in [6.45, 7) is 1.34. The lowest BCUT2D eigenvalue weighted by Crippen LogP contribution is -2.37. The monoisotopic (exact) mass is 267 g/mol. The van der Waals surface area contributed by atoms with Crippen LogP contribution < -0.4 is 11.2 Å². The van der Waals surface area contributed by atoms with Crippen LogP contribution in [0.4, 0.5) is 0 Å². The summed E-state index contributed by atoms with van der Waals surface area (Å²) in [7, 11) is 0. The van der Waals surface area contributed by atoms with Crippen LogP contribution in [0, 0.1) is 5.92 Å². The fourth-order valence-electron chi connectivity index (χ4n) is 2.29. The van der Waals surface area contributed by atoms with Crippen molar-refractivity contribution in [3.8, 4) is 0 Å². The smallest absolute Gasteiger partial charge is 0.328 e. The molecule has 1 aliphatic heterocycles. The van der Waals surface area contributed by atoms with Gasteiger partial charge in [0.15, 0.2) is 0 Å². The van der Waals surface area contributed by atoms with Gasteiger partial charge in [-0.05, 0) is 18.8 Å². The summed E-state index contributed by atoms with van der Waals surface area (Å²) in [5, 5.41) is 8.87. The summed E-state index contributed by atoms with van der Waals surface area (Å²) >= 11 is 0. The van der Waals surface area contributed by atoms with E-state index >= 15 is 0 Å². The van der Waals surface area contributed by atoms with Gasteiger partial charge in [0.05, 0.1) is 0 Å². The lowest BCUT2D eigenvalue weighted by molar-refractivity contribution is -0.131. The van der Waals surface area contributed by atoms with Crippen molar-refractivity contribution in [2.45, 2.75) is 19.4 Å². The molecule has 104 valence electrons. The third-order valence-corrected chi connectivity index (χ3v) is 3.38. The van der Waals surface area contributed by atoms with E-state index in [1.165, 1.54) is 16.8 Å². The third kappa shape index (κ3) is 3.31. The van der Waals surface area contributed by atoms with Crippen LogP contribution in [0.3, 0.4) is 0 Å². The number of aromatic nitrogens is 2. The largest absolute Gasteiger partial charge is 0.396 e. The second kappa shape index (κ2) is 5.83. The molecule has 1 amide bonds. The molecule has 2 N–H and O–H groups in total. The number of carbonyl (C=O) groups excluding carboxylic acids is 1. The maximum Gasteiger partial charge on any atom is 0.328 e. The number of aliphatic hydroxyl groups excluding tert-OH is 1. The first-order valence-corrected chi connectivity index (χ1v) is 6.28. The van der Waals surface area contributed by atoms with Gasteiger partial charge in [-0.2, -0.15) is 0 Å². The van der Waals surface area contributed by atoms with Crippen molar-refractivity contribution >= 4 is 5.91 Å². The van der Waals surface area contributed by atoms with E-state index < -0.39 is 11.2 Å². The summed E-state index contributed by atoms with van der Waals surface area (Å²) in [5.41, 5.74) is -1.05. The second-order valence-corrected chi connectivity index (χ2v) is 4.74. The molecule has 0 aliphatic carbocycles. The van der Waals surface area contributed by atoms with Crippen molar-refractivity contribution in [1.82, 2.24) is 14.5 Å². The Morgan fingerprint density at radius 2 is 2.26 bits per heavy atom. The minimum Gasteiger partial charge on any atom is -0.396 e. The molecule has 2 heterocycles.